The molecular formula is C5H6F2N4S. The number of nitrogens with zero attached hydrogens (tertiary/aromatic N) is 2. The zero-order valence-corrected chi connectivity index (χ0v) is 6.68. The average molecular weight is 192 g/mol. The Labute approximate surface area is 70.9 Å². The zero-order chi connectivity index (χ0) is 9.14. The molecule has 0 saturated heterocycles. The number of hydrogen-bond donors (Lipinski definition) is 2. The van der Waals surface area contributed by atoms with Gasteiger partial charge in [-0.25, -0.2) is 13.8 Å². The van der Waals surface area contributed by atoms with Gasteiger partial charge >= 0.3 is 0 Å². The number of rotatable bonds is 2. The van der Waals surface area contributed by atoms with Gasteiger partial charge in [0.1, 0.15) is 5.69 Å². The first kappa shape index (κ1) is 8.85. The van der Waals surface area contributed by atoms with Gasteiger partial charge in [-0.3, -0.25) is 0 Å². The van der Waals surface area contributed by atoms with Crippen LogP contribution in [0.2, 0.25) is 0 Å². The van der Waals surface area contributed by atoms with Crippen LogP contribution in [-0.2, 0) is 0 Å². The third kappa shape index (κ3) is 2.12. The van der Waals surface area contributed by atoms with Crippen LogP contribution in [0.4, 0.5) is 13.9 Å². The van der Waals surface area contributed by atoms with E-state index in [4.69, 9.17) is 11.5 Å². The zero-order valence-electron chi connectivity index (χ0n) is 5.87. The maximum atomic E-state index is 12.0. The summed E-state index contributed by atoms with van der Waals surface area (Å²) >= 11 is 0.968. The molecule has 12 heavy (non-hydrogen) atoms. The first-order valence-electron chi connectivity index (χ1n) is 2.93. The Hall–Kier alpha value is -1.24. The second kappa shape index (κ2) is 3.44. The summed E-state index contributed by atoms with van der Waals surface area (Å²) in [6.45, 7) is 0. The van der Waals surface area contributed by atoms with E-state index < -0.39 is 6.43 Å². The summed E-state index contributed by atoms with van der Waals surface area (Å²) in [7, 11) is 0. The van der Waals surface area contributed by atoms with E-state index in [9.17, 15) is 8.78 Å². The van der Waals surface area contributed by atoms with Crippen molar-refractivity contribution in [3.05, 3.63) is 11.1 Å². The molecule has 4 N–H and O–H groups in total. The van der Waals surface area contributed by atoms with E-state index in [1.807, 2.05) is 0 Å². The molecule has 0 fully saturated rings. The third-order valence-electron chi connectivity index (χ3n) is 0.958. The minimum absolute atomic E-state index is 0.144. The fraction of sp³-hybridized carbons (Fsp3) is 0.200. The Bertz CT molecular complexity index is 291. The Morgan fingerprint density at radius 2 is 2.25 bits per heavy atom. The van der Waals surface area contributed by atoms with E-state index in [1.54, 1.807) is 0 Å². The molecule has 1 rings (SSSR count). The molecule has 0 aliphatic rings. The van der Waals surface area contributed by atoms with Crippen LogP contribution in [0.1, 0.15) is 12.1 Å². The summed E-state index contributed by atoms with van der Waals surface area (Å²) in [5.74, 6) is -0.190. The molecule has 1 aromatic rings. The molecule has 0 amide bonds. The molecular weight excluding hydrogens is 186 g/mol. The van der Waals surface area contributed by atoms with E-state index in [2.05, 4.69) is 9.98 Å². The summed E-state index contributed by atoms with van der Waals surface area (Å²) in [6, 6.07) is 0. The first-order chi connectivity index (χ1) is 5.59. The predicted molar refractivity (Wildman–Crippen MR) is 42.5 cm³/mol. The van der Waals surface area contributed by atoms with Gasteiger partial charge in [0.2, 0.25) is 5.13 Å². The smallest absolute Gasteiger partial charge is 0.281 e. The number of guanidine groups is 1. The van der Waals surface area contributed by atoms with Crippen molar-refractivity contribution in [2.24, 2.45) is 16.5 Å². The topological polar surface area (TPSA) is 77.3 Å². The molecule has 4 nitrogen and oxygen atoms in total. The number of aliphatic imine (C=N–C) groups is 1. The van der Waals surface area contributed by atoms with Gasteiger partial charge in [0.15, 0.2) is 5.96 Å². The largest absolute Gasteiger partial charge is 0.370 e. The number of hydrogen-bond acceptors (Lipinski definition) is 3. The molecule has 0 saturated carbocycles. The van der Waals surface area contributed by atoms with Gasteiger partial charge in [-0.15, -0.1) is 11.3 Å². The van der Waals surface area contributed by atoms with Gasteiger partial charge in [-0.05, 0) is 0 Å². The normalized spacial score (nSPS) is 10.2. The molecule has 0 aliphatic carbocycles. The van der Waals surface area contributed by atoms with Crippen molar-refractivity contribution in [3.63, 3.8) is 0 Å². The maximum absolute atomic E-state index is 12.0. The van der Waals surface area contributed by atoms with E-state index in [-0.39, 0.29) is 16.8 Å². The molecule has 66 valence electrons. The molecule has 1 aromatic heterocycles. The van der Waals surface area contributed by atoms with Crippen LogP contribution in [0, 0.1) is 0 Å². The molecule has 0 spiro atoms. The standard InChI is InChI=1S/C5H6F2N4S/c6-3(7)2-1-12-5(10-2)11-4(8)9/h1,3H,(H4,8,9,10,11). The fourth-order valence-corrected chi connectivity index (χ4v) is 1.24. The molecule has 7 heteroatoms. The van der Waals surface area contributed by atoms with Gasteiger partial charge in [0, 0.05) is 5.38 Å². The summed E-state index contributed by atoms with van der Waals surface area (Å²) in [6.07, 6.45) is -2.58. The van der Waals surface area contributed by atoms with Crippen LogP contribution in [-0.4, -0.2) is 10.9 Å². The van der Waals surface area contributed by atoms with Crippen LogP contribution in [0.15, 0.2) is 10.4 Å². The van der Waals surface area contributed by atoms with Crippen molar-refractivity contribution in [1.82, 2.24) is 4.98 Å². The van der Waals surface area contributed by atoms with Crippen LogP contribution in [0.3, 0.4) is 0 Å². The highest BCUT2D eigenvalue weighted by molar-refractivity contribution is 7.13. The Morgan fingerprint density at radius 1 is 1.58 bits per heavy atom. The van der Waals surface area contributed by atoms with Crippen LogP contribution < -0.4 is 11.5 Å². The van der Waals surface area contributed by atoms with Gasteiger partial charge in [-0.1, -0.05) is 0 Å². The lowest BCUT2D eigenvalue weighted by Crippen LogP contribution is -2.21. The Balaban J connectivity index is 2.85. The van der Waals surface area contributed by atoms with E-state index in [0.717, 1.165) is 11.3 Å². The quantitative estimate of drug-likeness (QED) is 0.541. The summed E-state index contributed by atoms with van der Waals surface area (Å²) in [4.78, 5) is 6.98. The lowest BCUT2D eigenvalue weighted by molar-refractivity contribution is 0.147. The van der Waals surface area contributed by atoms with E-state index in [1.165, 1.54) is 5.38 Å². The summed E-state index contributed by atoms with van der Waals surface area (Å²) in [5, 5.41) is 1.36. The van der Waals surface area contributed by atoms with Crippen molar-refractivity contribution in [2.75, 3.05) is 0 Å². The average Bonchev–Trinajstić information content (AvgIpc) is 2.34. The minimum atomic E-state index is -2.58. The minimum Gasteiger partial charge on any atom is -0.370 e. The molecule has 0 unspecified atom stereocenters. The van der Waals surface area contributed by atoms with Crippen LogP contribution in [0.25, 0.3) is 0 Å². The highest BCUT2D eigenvalue weighted by Crippen LogP contribution is 2.25. The van der Waals surface area contributed by atoms with E-state index >= 15 is 0 Å². The first-order valence-corrected chi connectivity index (χ1v) is 3.81. The predicted octanol–water partition coefficient (Wildman–Crippen LogP) is 0.986. The van der Waals surface area contributed by atoms with Crippen molar-refractivity contribution in [2.45, 2.75) is 6.43 Å². The molecule has 1 heterocycles. The Kier molecular flexibility index (Phi) is 2.54. The van der Waals surface area contributed by atoms with Crippen molar-refractivity contribution in [3.8, 4) is 0 Å². The summed E-state index contributed by atoms with van der Waals surface area (Å²) < 4.78 is 23.9. The molecule has 0 atom stereocenters. The third-order valence-corrected chi connectivity index (χ3v) is 1.71. The Morgan fingerprint density at radius 3 is 2.67 bits per heavy atom. The van der Waals surface area contributed by atoms with Crippen LogP contribution >= 0.6 is 11.3 Å². The monoisotopic (exact) mass is 192 g/mol. The van der Waals surface area contributed by atoms with Gasteiger partial charge in [-0.2, -0.15) is 4.99 Å². The lowest BCUT2D eigenvalue weighted by atomic mass is 10.5. The van der Waals surface area contributed by atoms with Crippen molar-refractivity contribution in [1.29, 1.82) is 0 Å². The van der Waals surface area contributed by atoms with Gasteiger partial charge in [0.25, 0.3) is 6.43 Å². The SMILES string of the molecule is NC(N)=Nc1nc(C(F)F)cs1. The van der Waals surface area contributed by atoms with Crippen LogP contribution in [0.5, 0.6) is 0 Å². The van der Waals surface area contributed by atoms with Crippen molar-refractivity contribution < 1.29 is 8.78 Å². The number of alkyl halides is 2. The van der Waals surface area contributed by atoms with E-state index in [0.29, 0.717) is 0 Å². The van der Waals surface area contributed by atoms with Gasteiger partial charge < -0.3 is 11.5 Å². The fourth-order valence-electron chi connectivity index (χ4n) is 0.538. The maximum Gasteiger partial charge on any atom is 0.281 e. The molecule has 0 aliphatic heterocycles. The van der Waals surface area contributed by atoms with Crippen molar-refractivity contribution >= 4 is 22.4 Å². The number of aromatic nitrogens is 1. The summed E-state index contributed by atoms with van der Waals surface area (Å²) in [5.41, 5.74) is 9.73. The molecule has 0 aromatic carbocycles. The second-order valence-electron chi connectivity index (χ2n) is 1.89. The number of nitrogens with two attached hydrogens (primary N) is 2. The number of halogens is 2. The van der Waals surface area contributed by atoms with Gasteiger partial charge in [0.05, 0.1) is 0 Å². The second-order valence-corrected chi connectivity index (χ2v) is 2.73. The highest BCUT2D eigenvalue weighted by Gasteiger charge is 2.10. The highest BCUT2D eigenvalue weighted by atomic mass is 32.1. The molecule has 0 bridgehead atoms. The number of thiazole rings is 1. The lowest BCUT2D eigenvalue weighted by Gasteiger charge is -1.88. The molecule has 0 radical (unpaired) electrons.